The molecule has 0 aromatic heterocycles. The average Bonchev–Trinajstić information content (AvgIpc) is 2.18. The van der Waals surface area contributed by atoms with Gasteiger partial charge in [-0.1, -0.05) is 0 Å². The monoisotopic (exact) mass is 194 g/mol. The minimum Gasteiger partial charge on any atom is -0.497 e. The van der Waals surface area contributed by atoms with Crippen molar-refractivity contribution in [1.29, 1.82) is 0 Å². The zero-order valence-electron chi connectivity index (χ0n) is 8.79. The predicted octanol–water partition coefficient (Wildman–Crippen LogP) is 1.84. The summed E-state index contributed by atoms with van der Waals surface area (Å²) in [5, 5.41) is 3.29. The van der Waals surface area contributed by atoms with Gasteiger partial charge in [-0.15, -0.1) is 0 Å². The number of ether oxygens (including phenoxy) is 1. The Morgan fingerprint density at radius 1 is 1.36 bits per heavy atom. The van der Waals surface area contributed by atoms with E-state index in [0.29, 0.717) is 0 Å². The van der Waals surface area contributed by atoms with E-state index in [4.69, 9.17) is 10.5 Å². The van der Waals surface area contributed by atoms with Crippen LogP contribution in [0.2, 0.25) is 0 Å². The Hall–Kier alpha value is -1.22. The van der Waals surface area contributed by atoms with Crippen LogP contribution in [0.5, 0.6) is 5.75 Å². The van der Waals surface area contributed by atoms with Gasteiger partial charge in [0, 0.05) is 18.3 Å². The van der Waals surface area contributed by atoms with Gasteiger partial charge in [-0.3, -0.25) is 0 Å². The fourth-order valence-corrected chi connectivity index (χ4v) is 1.15. The molecular weight excluding hydrogens is 176 g/mol. The molecule has 0 amide bonds. The first-order chi connectivity index (χ1) is 6.72. The van der Waals surface area contributed by atoms with Gasteiger partial charge in [-0.25, -0.2) is 0 Å². The summed E-state index contributed by atoms with van der Waals surface area (Å²) < 4.78 is 5.06. The second kappa shape index (κ2) is 5.50. The van der Waals surface area contributed by atoms with E-state index in [1.54, 1.807) is 7.11 Å². The molecular formula is C11H18N2O. The Bertz CT molecular complexity index is 256. The second-order valence-electron chi connectivity index (χ2n) is 3.42. The lowest BCUT2D eigenvalue weighted by Crippen LogP contribution is -2.19. The van der Waals surface area contributed by atoms with E-state index in [2.05, 4.69) is 5.32 Å². The quantitative estimate of drug-likeness (QED) is 0.752. The Morgan fingerprint density at radius 3 is 2.50 bits per heavy atom. The molecule has 78 valence electrons. The highest BCUT2D eigenvalue weighted by Gasteiger charge is 1.95. The first-order valence-corrected chi connectivity index (χ1v) is 4.86. The van der Waals surface area contributed by atoms with Crippen molar-refractivity contribution < 1.29 is 4.74 Å². The molecule has 0 aliphatic rings. The first kappa shape index (κ1) is 10.9. The number of hydrogen-bond acceptors (Lipinski definition) is 3. The smallest absolute Gasteiger partial charge is 0.119 e. The summed E-state index contributed by atoms with van der Waals surface area (Å²) >= 11 is 0. The SMILES string of the molecule is COc1ccc(NCCC(C)N)cc1. The maximum atomic E-state index is 5.64. The molecule has 0 heterocycles. The number of anilines is 1. The molecule has 1 unspecified atom stereocenters. The van der Waals surface area contributed by atoms with Gasteiger partial charge in [0.05, 0.1) is 7.11 Å². The van der Waals surface area contributed by atoms with Crippen molar-refractivity contribution in [3.8, 4) is 5.75 Å². The molecule has 0 saturated heterocycles. The molecule has 0 fully saturated rings. The van der Waals surface area contributed by atoms with Crippen molar-refractivity contribution in [3.05, 3.63) is 24.3 Å². The van der Waals surface area contributed by atoms with Gasteiger partial charge < -0.3 is 15.8 Å². The van der Waals surface area contributed by atoms with E-state index in [-0.39, 0.29) is 6.04 Å². The van der Waals surface area contributed by atoms with Crippen LogP contribution in [-0.2, 0) is 0 Å². The molecule has 1 rings (SSSR count). The minimum absolute atomic E-state index is 0.251. The molecule has 0 spiro atoms. The van der Waals surface area contributed by atoms with Crippen molar-refractivity contribution in [2.45, 2.75) is 19.4 Å². The number of benzene rings is 1. The summed E-state index contributed by atoms with van der Waals surface area (Å²) in [6, 6.07) is 8.13. The molecule has 0 bridgehead atoms. The Labute approximate surface area is 85.3 Å². The van der Waals surface area contributed by atoms with Crippen LogP contribution in [0, 0.1) is 0 Å². The van der Waals surface area contributed by atoms with Crippen LogP contribution in [0.25, 0.3) is 0 Å². The summed E-state index contributed by atoms with van der Waals surface area (Å²) in [7, 11) is 1.67. The van der Waals surface area contributed by atoms with Gasteiger partial charge in [0.25, 0.3) is 0 Å². The lowest BCUT2D eigenvalue weighted by molar-refractivity contribution is 0.415. The second-order valence-corrected chi connectivity index (χ2v) is 3.42. The largest absolute Gasteiger partial charge is 0.497 e. The highest BCUT2D eigenvalue weighted by atomic mass is 16.5. The number of hydrogen-bond donors (Lipinski definition) is 2. The third kappa shape index (κ3) is 3.66. The molecule has 3 heteroatoms. The zero-order valence-corrected chi connectivity index (χ0v) is 8.79. The van der Waals surface area contributed by atoms with Crippen LogP contribution in [-0.4, -0.2) is 19.7 Å². The van der Waals surface area contributed by atoms with Crippen molar-refractivity contribution in [3.63, 3.8) is 0 Å². The minimum atomic E-state index is 0.251. The summed E-state index contributed by atoms with van der Waals surface area (Å²) in [6.45, 7) is 2.92. The Balaban J connectivity index is 2.36. The maximum absolute atomic E-state index is 5.64. The van der Waals surface area contributed by atoms with Gasteiger partial charge in [-0.05, 0) is 37.6 Å². The van der Waals surface area contributed by atoms with E-state index >= 15 is 0 Å². The number of nitrogens with one attached hydrogen (secondary N) is 1. The lowest BCUT2D eigenvalue weighted by atomic mass is 10.2. The molecule has 0 radical (unpaired) electrons. The van der Waals surface area contributed by atoms with Gasteiger partial charge in [-0.2, -0.15) is 0 Å². The number of nitrogens with two attached hydrogens (primary N) is 1. The molecule has 14 heavy (non-hydrogen) atoms. The molecule has 0 aliphatic heterocycles. The van der Waals surface area contributed by atoms with Crippen molar-refractivity contribution in [2.24, 2.45) is 5.73 Å². The number of methoxy groups -OCH3 is 1. The van der Waals surface area contributed by atoms with Gasteiger partial charge in [0.2, 0.25) is 0 Å². The Morgan fingerprint density at radius 2 is 2.00 bits per heavy atom. The highest BCUT2D eigenvalue weighted by Crippen LogP contribution is 2.14. The Kier molecular flexibility index (Phi) is 4.26. The third-order valence-corrected chi connectivity index (χ3v) is 2.02. The van der Waals surface area contributed by atoms with Crippen LogP contribution in [0.4, 0.5) is 5.69 Å². The molecule has 3 N–H and O–H groups in total. The molecule has 1 atom stereocenters. The normalized spacial score (nSPS) is 12.2. The fraction of sp³-hybridized carbons (Fsp3) is 0.455. The van der Waals surface area contributed by atoms with Gasteiger partial charge in [0.15, 0.2) is 0 Å². The topological polar surface area (TPSA) is 47.3 Å². The molecule has 0 aliphatic carbocycles. The van der Waals surface area contributed by atoms with Crippen LogP contribution in [0.15, 0.2) is 24.3 Å². The van der Waals surface area contributed by atoms with E-state index < -0.39 is 0 Å². The predicted molar refractivity (Wildman–Crippen MR) is 59.8 cm³/mol. The van der Waals surface area contributed by atoms with Crippen molar-refractivity contribution in [1.82, 2.24) is 0 Å². The number of rotatable bonds is 5. The lowest BCUT2D eigenvalue weighted by Gasteiger charge is -2.08. The molecule has 3 nitrogen and oxygen atoms in total. The van der Waals surface area contributed by atoms with Gasteiger partial charge >= 0.3 is 0 Å². The molecule has 1 aromatic rings. The van der Waals surface area contributed by atoms with Gasteiger partial charge in [0.1, 0.15) is 5.75 Å². The fourth-order valence-electron chi connectivity index (χ4n) is 1.15. The summed E-state index contributed by atoms with van der Waals surface area (Å²) in [5.41, 5.74) is 6.75. The van der Waals surface area contributed by atoms with Crippen molar-refractivity contribution in [2.75, 3.05) is 19.0 Å². The molecule has 0 saturated carbocycles. The summed E-state index contributed by atoms with van der Waals surface area (Å²) in [5.74, 6) is 0.878. The standard InChI is InChI=1S/C11H18N2O/c1-9(12)7-8-13-10-3-5-11(14-2)6-4-10/h3-6,9,13H,7-8,12H2,1-2H3. The average molecular weight is 194 g/mol. The summed E-state index contributed by atoms with van der Waals surface area (Å²) in [4.78, 5) is 0. The van der Waals surface area contributed by atoms with Crippen molar-refractivity contribution >= 4 is 5.69 Å². The zero-order chi connectivity index (χ0) is 10.4. The van der Waals surface area contributed by atoms with E-state index in [1.807, 2.05) is 31.2 Å². The third-order valence-electron chi connectivity index (χ3n) is 2.02. The maximum Gasteiger partial charge on any atom is 0.119 e. The molecule has 1 aromatic carbocycles. The summed E-state index contributed by atoms with van der Waals surface area (Å²) in [6.07, 6.45) is 0.978. The van der Waals surface area contributed by atoms with Crippen LogP contribution in [0.1, 0.15) is 13.3 Å². The van der Waals surface area contributed by atoms with E-state index in [9.17, 15) is 0 Å². The van der Waals surface area contributed by atoms with Crippen LogP contribution < -0.4 is 15.8 Å². The van der Waals surface area contributed by atoms with E-state index in [0.717, 1.165) is 24.4 Å². The van der Waals surface area contributed by atoms with E-state index in [1.165, 1.54) is 0 Å². The first-order valence-electron chi connectivity index (χ1n) is 4.86. The highest BCUT2D eigenvalue weighted by molar-refractivity contribution is 5.46. The van der Waals surface area contributed by atoms with Crippen LogP contribution >= 0.6 is 0 Å². The van der Waals surface area contributed by atoms with Crippen LogP contribution in [0.3, 0.4) is 0 Å².